The molecule has 2 amide bonds. The normalized spacial score (nSPS) is 9.85. The lowest BCUT2D eigenvalue weighted by molar-refractivity contribution is 0.251. The SMILES string of the molecule is CCOc1cccc(NC(=O)NCc2ccncc2)c1. The van der Waals surface area contributed by atoms with Crippen LogP contribution in [0.15, 0.2) is 48.8 Å². The highest BCUT2D eigenvalue weighted by Gasteiger charge is 2.02. The average molecular weight is 271 g/mol. The number of ether oxygens (including phenoxy) is 1. The van der Waals surface area contributed by atoms with Gasteiger partial charge in [-0.15, -0.1) is 0 Å². The zero-order valence-corrected chi connectivity index (χ0v) is 11.3. The van der Waals surface area contributed by atoms with Crippen LogP contribution in [0.2, 0.25) is 0 Å². The van der Waals surface area contributed by atoms with E-state index < -0.39 is 0 Å². The van der Waals surface area contributed by atoms with Crippen LogP contribution in [-0.4, -0.2) is 17.6 Å². The maximum Gasteiger partial charge on any atom is 0.319 e. The summed E-state index contributed by atoms with van der Waals surface area (Å²) in [5.74, 6) is 0.736. The number of hydrogen-bond donors (Lipinski definition) is 2. The second kappa shape index (κ2) is 7.13. The molecule has 2 rings (SSSR count). The summed E-state index contributed by atoms with van der Waals surface area (Å²) in [5, 5.41) is 5.55. The van der Waals surface area contributed by atoms with Crippen molar-refractivity contribution in [1.82, 2.24) is 10.3 Å². The number of pyridine rings is 1. The smallest absolute Gasteiger partial charge is 0.319 e. The fourth-order valence-electron chi connectivity index (χ4n) is 1.69. The molecule has 104 valence electrons. The maximum absolute atomic E-state index is 11.8. The minimum atomic E-state index is -0.254. The fourth-order valence-corrected chi connectivity index (χ4v) is 1.69. The Morgan fingerprint density at radius 2 is 2.05 bits per heavy atom. The van der Waals surface area contributed by atoms with Crippen molar-refractivity contribution in [3.63, 3.8) is 0 Å². The van der Waals surface area contributed by atoms with E-state index in [1.807, 2.05) is 37.3 Å². The topological polar surface area (TPSA) is 63.2 Å². The standard InChI is InChI=1S/C15H17N3O2/c1-2-20-14-5-3-4-13(10-14)18-15(19)17-11-12-6-8-16-9-7-12/h3-10H,2,11H2,1H3,(H2,17,18,19). The van der Waals surface area contributed by atoms with E-state index in [4.69, 9.17) is 4.74 Å². The Balaban J connectivity index is 1.86. The molecule has 0 fully saturated rings. The van der Waals surface area contributed by atoms with Gasteiger partial charge in [0.15, 0.2) is 0 Å². The molecule has 0 bridgehead atoms. The highest BCUT2D eigenvalue weighted by atomic mass is 16.5. The van der Waals surface area contributed by atoms with Gasteiger partial charge < -0.3 is 15.4 Å². The van der Waals surface area contributed by atoms with Crippen LogP contribution in [0, 0.1) is 0 Å². The third-order valence-electron chi connectivity index (χ3n) is 2.61. The summed E-state index contributed by atoms with van der Waals surface area (Å²) in [6.45, 7) is 2.97. The number of urea groups is 1. The summed E-state index contributed by atoms with van der Waals surface area (Å²) >= 11 is 0. The number of rotatable bonds is 5. The first-order valence-corrected chi connectivity index (χ1v) is 6.44. The molecule has 2 aromatic rings. The van der Waals surface area contributed by atoms with Gasteiger partial charge in [-0.1, -0.05) is 6.07 Å². The van der Waals surface area contributed by atoms with E-state index in [1.54, 1.807) is 18.5 Å². The molecule has 0 spiro atoms. The van der Waals surface area contributed by atoms with Crippen LogP contribution in [0.1, 0.15) is 12.5 Å². The summed E-state index contributed by atoms with van der Waals surface area (Å²) in [4.78, 5) is 15.7. The molecule has 1 heterocycles. The van der Waals surface area contributed by atoms with Crippen LogP contribution in [0.25, 0.3) is 0 Å². The highest BCUT2D eigenvalue weighted by molar-refractivity contribution is 5.89. The monoisotopic (exact) mass is 271 g/mol. The predicted octanol–water partition coefficient (Wildman–Crippen LogP) is 2.80. The Labute approximate surface area is 118 Å². The Morgan fingerprint density at radius 1 is 1.25 bits per heavy atom. The van der Waals surface area contributed by atoms with Crippen molar-refractivity contribution in [2.45, 2.75) is 13.5 Å². The number of carbonyl (C=O) groups is 1. The zero-order chi connectivity index (χ0) is 14.2. The van der Waals surface area contributed by atoms with Gasteiger partial charge in [0.1, 0.15) is 5.75 Å². The van der Waals surface area contributed by atoms with Gasteiger partial charge in [0.05, 0.1) is 6.61 Å². The molecule has 0 saturated heterocycles. The molecule has 0 unspecified atom stereocenters. The van der Waals surface area contributed by atoms with Crippen molar-refractivity contribution in [2.24, 2.45) is 0 Å². The molecule has 20 heavy (non-hydrogen) atoms. The van der Waals surface area contributed by atoms with E-state index in [9.17, 15) is 4.79 Å². The van der Waals surface area contributed by atoms with Gasteiger partial charge in [-0.2, -0.15) is 0 Å². The number of carbonyl (C=O) groups excluding carboxylic acids is 1. The molecule has 0 aliphatic heterocycles. The Hall–Kier alpha value is -2.56. The average Bonchev–Trinajstić information content (AvgIpc) is 2.47. The Kier molecular flexibility index (Phi) is 4.94. The second-order valence-electron chi connectivity index (χ2n) is 4.12. The molecule has 0 atom stereocenters. The molecule has 1 aromatic carbocycles. The first kappa shape index (κ1) is 13.9. The molecule has 5 nitrogen and oxygen atoms in total. The lowest BCUT2D eigenvalue weighted by Crippen LogP contribution is -2.28. The van der Waals surface area contributed by atoms with Crippen molar-refractivity contribution in [3.8, 4) is 5.75 Å². The first-order valence-electron chi connectivity index (χ1n) is 6.44. The number of nitrogens with zero attached hydrogens (tertiary/aromatic N) is 1. The molecular weight excluding hydrogens is 254 g/mol. The zero-order valence-electron chi connectivity index (χ0n) is 11.3. The maximum atomic E-state index is 11.8. The van der Waals surface area contributed by atoms with Gasteiger partial charge in [-0.05, 0) is 36.8 Å². The fraction of sp³-hybridized carbons (Fsp3) is 0.200. The van der Waals surface area contributed by atoms with Gasteiger partial charge in [0.2, 0.25) is 0 Å². The van der Waals surface area contributed by atoms with Crippen LogP contribution in [-0.2, 0) is 6.54 Å². The van der Waals surface area contributed by atoms with Crippen molar-refractivity contribution in [3.05, 3.63) is 54.4 Å². The number of aromatic nitrogens is 1. The molecule has 0 radical (unpaired) electrons. The number of benzene rings is 1. The third-order valence-corrected chi connectivity index (χ3v) is 2.61. The van der Waals surface area contributed by atoms with Crippen LogP contribution in [0.4, 0.5) is 10.5 Å². The molecule has 0 aliphatic rings. The van der Waals surface area contributed by atoms with Crippen molar-refractivity contribution < 1.29 is 9.53 Å². The second-order valence-corrected chi connectivity index (χ2v) is 4.12. The van der Waals surface area contributed by atoms with Crippen molar-refractivity contribution >= 4 is 11.7 Å². The van der Waals surface area contributed by atoms with Crippen LogP contribution in [0.5, 0.6) is 5.75 Å². The van der Waals surface area contributed by atoms with Gasteiger partial charge >= 0.3 is 6.03 Å². The Bertz CT molecular complexity index is 558. The van der Waals surface area contributed by atoms with E-state index in [0.29, 0.717) is 18.8 Å². The third kappa shape index (κ3) is 4.28. The highest BCUT2D eigenvalue weighted by Crippen LogP contribution is 2.17. The number of anilines is 1. The van der Waals surface area contributed by atoms with Crippen LogP contribution in [0.3, 0.4) is 0 Å². The first-order chi connectivity index (χ1) is 9.78. The number of amides is 2. The minimum absolute atomic E-state index is 0.254. The predicted molar refractivity (Wildman–Crippen MR) is 77.7 cm³/mol. The van der Waals surface area contributed by atoms with E-state index in [1.165, 1.54) is 0 Å². The minimum Gasteiger partial charge on any atom is -0.494 e. The quantitative estimate of drug-likeness (QED) is 0.879. The van der Waals surface area contributed by atoms with Gasteiger partial charge in [-0.25, -0.2) is 4.79 Å². The van der Waals surface area contributed by atoms with E-state index in [2.05, 4.69) is 15.6 Å². The van der Waals surface area contributed by atoms with Crippen LogP contribution >= 0.6 is 0 Å². The van der Waals surface area contributed by atoms with Crippen molar-refractivity contribution in [1.29, 1.82) is 0 Å². The van der Waals surface area contributed by atoms with E-state index in [-0.39, 0.29) is 6.03 Å². The summed E-state index contributed by atoms with van der Waals surface area (Å²) in [6, 6.07) is 10.7. The summed E-state index contributed by atoms with van der Waals surface area (Å²) in [5.41, 5.74) is 1.70. The van der Waals surface area contributed by atoms with E-state index in [0.717, 1.165) is 11.3 Å². The lowest BCUT2D eigenvalue weighted by atomic mass is 10.3. The van der Waals surface area contributed by atoms with Crippen molar-refractivity contribution in [2.75, 3.05) is 11.9 Å². The van der Waals surface area contributed by atoms with Gasteiger partial charge in [0, 0.05) is 30.7 Å². The summed E-state index contributed by atoms with van der Waals surface area (Å²) in [6.07, 6.45) is 3.39. The molecule has 0 aliphatic carbocycles. The molecule has 5 heteroatoms. The lowest BCUT2D eigenvalue weighted by Gasteiger charge is -2.09. The number of nitrogens with one attached hydrogen (secondary N) is 2. The molecule has 2 N–H and O–H groups in total. The van der Waals surface area contributed by atoms with Gasteiger partial charge in [0.25, 0.3) is 0 Å². The molecular formula is C15H17N3O2. The largest absolute Gasteiger partial charge is 0.494 e. The molecule has 1 aromatic heterocycles. The Morgan fingerprint density at radius 3 is 2.80 bits per heavy atom. The number of hydrogen-bond acceptors (Lipinski definition) is 3. The summed E-state index contributed by atoms with van der Waals surface area (Å²) in [7, 11) is 0. The summed E-state index contributed by atoms with van der Waals surface area (Å²) < 4.78 is 5.38. The molecule has 0 saturated carbocycles. The van der Waals surface area contributed by atoms with E-state index >= 15 is 0 Å². The van der Waals surface area contributed by atoms with Crippen LogP contribution < -0.4 is 15.4 Å². The van der Waals surface area contributed by atoms with Gasteiger partial charge in [-0.3, -0.25) is 4.98 Å².